The van der Waals surface area contributed by atoms with E-state index in [2.05, 4.69) is 58.1 Å². The molecule has 2 aromatic carbocycles. The number of allylic oxidation sites excluding steroid dienone is 1. The predicted octanol–water partition coefficient (Wildman–Crippen LogP) is 6.73. The molecular weight excluding hydrogens is 340 g/mol. The Morgan fingerprint density at radius 2 is 1.48 bits per heavy atom. The van der Waals surface area contributed by atoms with Crippen molar-refractivity contribution in [3.8, 4) is 0 Å². The van der Waals surface area contributed by atoms with E-state index in [0.717, 1.165) is 11.3 Å². The lowest BCUT2D eigenvalue weighted by atomic mass is 10.1. The third-order valence-electron chi connectivity index (χ3n) is 5.05. The first-order valence-electron chi connectivity index (χ1n) is 8.70. The van der Waals surface area contributed by atoms with Gasteiger partial charge < -0.3 is 0 Å². The molecule has 0 N–H and O–H groups in total. The SMILES string of the molecule is CC(C)(C)[Si](C)(C)/C(=C\C(=O)c1ccccc1)SCc1ccccc1. The lowest BCUT2D eigenvalue weighted by Gasteiger charge is -2.38. The summed E-state index contributed by atoms with van der Waals surface area (Å²) in [5, 5.41) is 0.194. The van der Waals surface area contributed by atoms with Crippen molar-refractivity contribution >= 4 is 25.6 Å². The number of carbonyl (C=O) groups is 1. The van der Waals surface area contributed by atoms with Gasteiger partial charge in [0.1, 0.15) is 0 Å². The second kappa shape index (κ2) is 8.20. The van der Waals surface area contributed by atoms with E-state index in [9.17, 15) is 4.79 Å². The van der Waals surface area contributed by atoms with E-state index < -0.39 is 8.07 Å². The second-order valence-corrected chi connectivity index (χ2v) is 14.6. The summed E-state index contributed by atoms with van der Waals surface area (Å²) in [6.45, 7) is 11.6. The highest BCUT2D eigenvalue weighted by Gasteiger charge is 2.39. The van der Waals surface area contributed by atoms with E-state index >= 15 is 0 Å². The lowest BCUT2D eigenvalue weighted by molar-refractivity contribution is 0.104. The molecule has 0 aliphatic heterocycles. The van der Waals surface area contributed by atoms with Gasteiger partial charge in [-0.05, 0) is 21.2 Å². The standard InChI is InChI=1S/C22H28OSSi/c1-22(2,3)25(4,5)21(24-17-18-12-8-6-9-13-18)16-20(23)19-14-10-7-11-15-19/h6-16H,17H2,1-5H3/b21-16-. The molecule has 2 aromatic rings. The summed E-state index contributed by atoms with van der Waals surface area (Å²) in [7, 11) is -1.78. The van der Waals surface area contributed by atoms with Crippen molar-refractivity contribution in [3.63, 3.8) is 0 Å². The van der Waals surface area contributed by atoms with Crippen molar-refractivity contribution in [2.45, 2.75) is 44.7 Å². The van der Waals surface area contributed by atoms with Crippen molar-refractivity contribution < 1.29 is 4.79 Å². The molecule has 0 amide bonds. The summed E-state index contributed by atoms with van der Waals surface area (Å²) < 4.78 is 1.28. The number of thioether (sulfide) groups is 1. The average Bonchev–Trinajstić information content (AvgIpc) is 2.59. The molecule has 0 saturated carbocycles. The van der Waals surface area contributed by atoms with Gasteiger partial charge in [-0.3, -0.25) is 4.79 Å². The van der Waals surface area contributed by atoms with E-state index in [1.54, 1.807) is 0 Å². The molecule has 0 unspecified atom stereocenters. The quantitative estimate of drug-likeness (QED) is 0.319. The van der Waals surface area contributed by atoms with Crippen LogP contribution in [-0.4, -0.2) is 13.9 Å². The number of hydrogen-bond acceptors (Lipinski definition) is 2. The fraction of sp³-hybridized carbons (Fsp3) is 0.318. The largest absolute Gasteiger partial charge is 0.289 e. The van der Waals surface area contributed by atoms with Gasteiger partial charge in [-0.25, -0.2) is 0 Å². The molecule has 0 spiro atoms. The zero-order chi connectivity index (χ0) is 18.5. The Balaban J connectivity index is 2.31. The van der Waals surface area contributed by atoms with Gasteiger partial charge in [0, 0.05) is 11.3 Å². The fourth-order valence-electron chi connectivity index (χ4n) is 2.31. The van der Waals surface area contributed by atoms with Crippen LogP contribution >= 0.6 is 11.8 Å². The molecule has 2 rings (SSSR count). The predicted molar refractivity (Wildman–Crippen MR) is 114 cm³/mol. The third kappa shape index (κ3) is 5.19. The number of rotatable bonds is 6. The van der Waals surface area contributed by atoms with Gasteiger partial charge in [0.2, 0.25) is 0 Å². The maximum absolute atomic E-state index is 12.8. The van der Waals surface area contributed by atoms with E-state index in [0.29, 0.717) is 0 Å². The van der Waals surface area contributed by atoms with E-state index in [1.807, 2.05) is 54.2 Å². The highest BCUT2D eigenvalue weighted by Crippen LogP contribution is 2.45. The molecular formula is C22H28OSSi. The van der Waals surface area contributed by atoms with Crippen LogP contribution in [-0.2, 0) is 5.75 Å². The van der Waals surface area contributed by atoms with Crippen molar-refractivity contribution in [2.24, 2.45) is 0 Å². The van der Waals surface area contributed by atoms with Gasteiger partial charge in [-0.15, -0.1) is 11.8 Å². The van der Waals surface area contributed by atoms with Crippen molar-refractivity contribution in [1.82, 2.24) is 0 Å². The molecule has 0 bridgehead atoms. The molecule has 0 aromatic heterocycles. The lowest BCUT2D eigenvalue weighted by Crippen LogP contribution is -2.39. The van der Waals surface area contributed by atoms with Crippen LogP contribution < -0.4 is 0 Å². The molecule has 3 heteroatoms. The summed E-state index contributed by atoms with van der Waals surface area (Å²) in [6.07, 6.45) is 1.90. The van der Waals surface area contributed by atoms with E-state index in [1.165, 1.54) is 10.1 Å². The Bertz CT molecular complexity index is 728. The van der Waals surface area contributed by atoms with Crippen molar-refractivity contribution in [3.05, 3.63) is 82.4 Å². The van der Waals surface area contributed by atoms with Gasteiger partial charge in [-0.2, -0.15) is 0 Å². The Labute approximate surface area is 157 Å². The summed E-state index contributed by atoms with van der Waals surface area (Å²) in [4.78, 5) is 12.8. The zero-order valence-electron chi connectivity index (χ0n) is 15.9. The van der Waals surface area contributed by atoms with Crippen LogP contribution in [0.15, 0.2) is 71.3 Å². The summed E-state index contributed by atoms with van der Waals surface area (Å²) in [5.41, 5.74) is 2.06. The maximum Gasteiger partial charge on any atom is 0.186 e. The van der Waals surface area contributed by atoms with Gasteiger partial charge in [0.05, 0.1) is 8.07 Å². The van der Waals surface area contributed by atoms with Crippen molar-refractivity contribution in [1.29, 1.82) is 0 Å². The summed E-state index contributed by atoms with van der Waals surface area (Å²) >= 11 is 1.83. The van der Waals surface area contributed by atoms with Crippen LogP contribution in [0, 0.1) is 0 Å². The average molecular weight is 369 g/mol. The summed E-state index contributed by atoms with van der Waals surface area (Å²) in [6, 6.07) is 20.0. The first kappa shape index (κ1) is 19.7. The Hall–Kier alpha value is -1.58. The normalized spacial score (nSPS) is 12.9. The van der Waals surface area contributed by atoms with Gasteiger partial charge >= 0.3 is 0 Å². The number of carbonyl (C=O) groups excluding carboxylic acids is 1. The molecule has 0 heterocycles. The van der Waals surface area contributed by atoms with Crippen LogP contribution in [0.1, 0.15) is 36.7 Å². The van der Waals surface area contributed by atoms with E-state index in [-0.39, 0.29) is 10.8 Å². The zero-order valence-corrected chi connectivity index (χ0v) is 17.7. The number of ketones is 1. The molecule has 25 heavy (non-hydrogen) atoms. The molecule has 0 saturated heterocycles. The maximum atomic E-state index is 12.8. The molecule has 0 aliphatic carbocycles. The molecule has 0 fully saturated rings. The second-order valence-electron chi connectivity index (χ2n) is 7.89. The highest BCUT2D eigenvalue weighted by molar-refractivity contribution is 8.04. The number of benzene rings is 2. The molecule has 0 aliphatic rings. The van der Waals surface area contributed by atoms with Gasteiger partial charge in [0.15, 0.2) is 5.78 Å². The van der Waals surface area contributed by atoms with Crippen LogP contribution in [0.5, 0.6) is 0 Å². The molecule has 132 valence electrons. The van der Waals surface area contributed by atoms with Crippen LogP contribution in [0.3, 0.4) is 0 Å². The van der Waals surface area contributed by atoms with Crippen LogP contribution in [0.25, 0.3) is 0 Å². The summed E-state index contributed by atoms with van der Waals surface area (Å²) in [5.74, 6) is 1.02. The fourth-order valence-corrected chi connectivity index (χ4v) is 6.83. The minimum Gasteiger partial charge on any atom is -0.289 e. The van der Waals surface area contributed by atoms with Crippen molar-refractivity contribution in [2.75, 3.05) is 0 Å². The molecule has 0 atom stereocenters. The smallest absolute Gasteiger partial charge is 0.186 e. The highest BCUT2D eigenvalue weighted by atomic mass is 32.2. The van der Waals surface area contributed by atoms with Crippen LogP contribution in [0.2, 0.25) is 18.1 Å². The first-order chi connectivity index (χ1) is 11.7. The topological polar surface area (TPSA) is 17.1 Å². The van der Waals surface area contributed by atoms with Crippen LogP contribution in [0.4, 0.5) is 0 Å². The molecule has 1 nitrogen and oxygen atoms in total. The first-order valence-corrected chi connectivity index (χ1v) is 12.7. The van der Waals surface area contributed by atoms with Gasteiger partial charge in [0.25, 0.3) is 0 Å². The third-order valence-corrected chi connectivity index (χ3v) is 13.0. The minimum absolute atomic E-state index is 0.112. The van der Waals surface area contributed by atoms with E-state index in [4.69, 9.17) is 0 Å². The Morgan fingerprint density at radius 3 is 2.00 bits per heavy atom. The molecule has 0 radical (unpaired) electrons. The monoisotopic (exact) mass is 368 g/mol. The number of hydrogen-bond donors (Lipinski definition) is 0. The Morgan fingerprint density at radius 1 is 0.960 bits per heavy atom. The minimum atomic E-state index is -1.78. The van der Waals surface area contributed by atoms with Gasteiger partial charge in [-0.1, -0.05) is 94.5 Å². The Kier molecular flexibility index (Phi) is 6.47.